The monoisotopic (exact) mass is 197 g/mol. The van der Waals surface area contributed by atoms with Gasteiger partial charge in [0, 0.05) is 6.04 Å². The van der Waals surface area contributed by atoms with Crippen LogP contribution in [0.3, 0.4) is 0 Å². The second-order valence-corrected chi connectivity index (χ2v) is 3.12. The fourth-order valence-corrected chi connectivity index (χ4v) is 1.20. The van der Waals surface area contributed by atoms with E-state index in [1.165, 1.54) is 0 Å². The van der Waals surface area contributed by atoms with Crippen molar-refractivity contribution < 1.29 is 9.13 Å². The van der Waals surface area contributed by atoms with Crippen molar-refractivity contribution in [3.63, 3.8) is 0 Å². The highest BCUT2D eigenvalue weighted by molar-refractivity contribution is 5.28. The summed E-state index contributed by atoms with van der Waals surface area (Å²) in [5.41, 5.74) is 6.93. The van der Waals surface area contributed by atoms with Gasteiger partial charge >= 0.3 is 0 Å². The highest BCUT2D eigenvalue weighted by atomic mass is 19.1. The van der Waals surface area contributed by atoms with Crippen molar-refractivity contribution >= 4 is 0 Å². The van der Waals surface area contributed by atoms with E-state index in [1.807, 2.05) is 31.2 Å². The SMILES string of the molecule is CC[C@@H](N)c1ccc(OCCF)cc1. The average molecular weight is 197 g/mol. The van der Waals surface area contributed by atoms with Gasteiger partial charge in [0.15, 0.2) is 0 Å². The van der Waals surface area contributed by atoms with Crippen LogP contribution < -0.4 is 10.5 Å². The van der Waals surface area contributed by atoms with Crippen LogP contribution in [0.5, 0.6) is 5.75 Å². The molecule has 0 heterocycles. The minimum Gasteiger partial charge on any atom is -0.491 e. The first kappa shape index (κ1) is 11.0. The van der Waals surface area contributed by atoms with Crippen LogP contribution in [0.25, 0.3) is 0 Å². The molecule has 0 saturated heterocycles. The van der Waals surface area contributed by atoms with Crippen LogP contribution in [0, 0.1) is 0 Å². The first-order valence-corrected chi connectivity index (χ1v) is 4.82. The second-order valence-electron chi connectivity index (χ2n) is 3.12. The molecular formula is C11H16FNO. The molecule has 0 fully saturated rings. The standard InChI is InChI=1S/C11H16FNO/c1-2-11(13)9-3-5-10(6-4-9)14-8-7-12/h3-6,11H,2,7-8,13H2,1H3/t11-/m1/s1. The normalized spacial score (nSPS) is 12.5. The molecule has 0 aliphatic rings. The molecule has 3 heteroatoms. The van der Waals surface area contributed by atoms with Crippen molar-refractivity contribution in [1.82, 2.24) is 0 Å². The van der Waals surface area contributed by atoms with E-state index in [2.05, 4.69) is 0 Å². The van der Waals surface area contributed by atoms with E-state index in [4.69, 9.17) is 10.5 Å². The van der Waals surface area contributed by atoms with E-state index in [-0.39, 0.29) is 12.6 Å². The summed E-state index contributed by atoms with van der Waals surface area (Å²) in [6.07, 6.45) is 0.907. The van der Waals surface area contributed by atoms with E-state index in [9.17, 15) is 4.39 Å². The molecule has 2 nitrogen and oxygen atoms in total. The maximum Gasteiger partial charge on any atom is 0.123 e. The Morgan fingerprint density at radius 2 is 2.00 bits per heavy atom. The summed E-state index contributed by atoms with van der Waals surface area (Å²) < 4.78 is 16.9. The van der Waals surface area contributed by atoms with E-state index in [0.717, 1.165) is 12.0 Å². The quantitative estimate of drug-likeness (QED) is 0.786. The molecular weight excluding hydrogens is 181 g/mol. The van der Waals surface area contributed by atoms with Gasteiger partial charge in [-0.15, -0.1) is 0 Å². The van der Waals surface area contributed by atoms with Gasteiger partial charge in [-0.05, 0) is 24.1 Å². The van der Waals surface area contributed by atoms with Gasteiger partial charge in [-0.3, -0.25) is 0 Å². The summed E-state index contributed by atoms with van der Waals surface area (Å²) in [5, 5.41) is 0. The molecule has 78 valence electrons. The van der Waals surface area contributed by atoms with Crippen molar-refractivity contribution in [3.8, 4) is 5.75 Å². The summed E-state index contributed by atoms with van der Waals surface area (Å²) >= 11 is 0. The number of nitrogens with two attached hydrogens (primary N) is 1. The lowest BCUT2D eigenvalue weighted by Gasteiger charge is -2.10. The average Bonchev–Trinajstić information content (AvgIpc) is 2.26. The molecule has 1 rings (SSSR count). The Morgan fingerprint density at radius 3 is 2.50 bits per heavy atom. The molecule has 2 N–H and O–H groups in total. The third-order valence-corrected chi connectivity index (χ3v) is 2.09. The predicted molar refractivity (Wildman–Crippen MR) is 55.1 cm³/mol. The Hall–Kier alpha value is -1.09. The van der Waals surface area contributed by atoms with Crippen molar-refractivity contribution in [2.45, 2.75) is 19.4 Å². The Labute approximate surface area is 83.9 Å². The van der Waals surface area contributed by atoms with E-state index in [1.54, 1.807) is 0 Å². The highest BCUT2D eigenvalue weighted by Gasteiger charge is 2.02. The molecule has 0 aliphatic carbocycles. The number of halogens is 1. The predicted octanol–water partition coefficient (Wildman–Crippen LogP) is 2.44. The molecule has 0 bridgehead atoms. The number of ether oxygens (including phenoxy) is 1. The second kappa shape index (κ2) is 5.60. The molecule has 0 spiro atoms. The highest BCUT2D eigenvalue weighted by Crippen LogP contribution is 2.17. The van der Waals surface area contributed by atoms with E-state index >= 15 is 0 Å². The molecule has 0 amide bonds. The number of hydrogen-bond donors (Lipinski definition) is 1. The Balaban J connectivity index is 2.59. The smallest absolute Gasteiger partial charge is 0.123 e. The molecule has 0 aliphatic heterocycles. The zero-order valence-corrected chi connectivity index (χ0v) is 8.37. The van der Waals surface area contributed by atoms with Gasteiger partial charge in [0.05, 0.1) is 0 Å². The minimum atomic E-state index is -0.462. The zero-order chi connectivity index (χ0) is 10.4. The van der Waals surface area contributed by atoms with Crippen LogP contribution in [-0.2, 0) is 0 Å². The topological polar surface area (TPSA) is 35.2 Å². The van der Waals surface area contributed by atoms with Gasteiger partial charge in [0.2, 0.25) is 0 Å². The van der Waals surface area contributed by atoms with Crippen LogP contribution in [0.2, 0.25) is 0 Å². The Kier molecular flexibility index (Phi) is 4.40. The maximum atomic E-state index is 11.8. The third-order valence-electron chi connectivity index (χ3n) is 2.09. The zero-order valence-electron chi connectivity index (χ0n) is 8.37. The lowest BCUT2D eigenvalue weighted by Crippen LogP contribution is -2.08. The molecule has 0 unspecified atom stereocenters. The fourth-order valence-electron chi connectivity index (χ4n) is 1.20. The first-order valence-electron chi connectivity index (χ1n) is 4.82. The number of alkyl halides is 1. The van der Waals surface area contributed by atoms with Crippen molar-refractivity contribution in [2.24, 2.45) is 5.73 Å². The molecule has 1 atom stereocenters. The number of benzene rings is 1. The summed E-state index contributed by atoms with van der Waals surface area (Å²) in [5.74, 6) is 0.690. The van der Waals surface area contributed by atoms with Crippen LogP contribution >= 0.6 is 0 Å². The minimum absolute atomic E-state index is 0.0743. The lowest BCUT2D eigenvalue weighted by molar-refractivity contribution is 0.273. The number of hydrogen-bond acceptors (Lipinski definition) is 2. The third kappa shape index (κ3) is 3.00. The van der Waals surface area contributed by atoms with Crippen molar-refractivity contribution in [3.05, 3.63) is 29.8 Å². The van der Waals surface area contributed by atoms with E-state index < -0.39 is 6.67 Å². The summed E-state index contributed by atoms with van der Waals surface area (Å²) in [6, 6.07) is 7.55. The fraction of sp³-hybridized carbons (Fsp3) is 0.455. The summed E-state index contributed by atoms with van der Waals surface area (Å²) in [4.78, 5) is 0. The molecule has 0 radical (unpaired) electrons. The lowest BCUT2D eigenvalue weighted by atomic mass is 10.1. The van der Waals surface area contributed by atoms with Gasteiger partial charge in [0.1, 0.15) is 19.0 Å². The van der Waals surface area contributed by atoms with Gasteiger partial charge in [-0.2, -0.15) is 0 Å². The van der Waals surface area contributed by atoms with Gasteiger partial charge in [-0.1, -0.05) is 19.1 Å². The van der Waals surface area contributed by atoms with Crippen LogP contribution in [0.15, 0.2) is 24.3 Å². The molecule has 14 heavy (non-hydrogen) atoms. The van der Waals surface area contributed by atoms with Crippen molar-refractivity contribution in [2.75, 3.05) is 13.3 Å². The van der Waals surface area contributed by atoms with Gasteiger partial charge < -0.3 is 10.5 Å². The summed E-state index contributed by atoms with van der Waals surface area (Å²) in [7, 11) is 0. The summed E-state index contributed by atoms with van der Waals surface area (Å²) in [6.45, 7) is 1.69. The number of rotatable bonds is 5. The first-order chi connectivity index (χ1) is 6.77. The van der Waals surface area contributed by atoms with Crippen LogP contribution in [0.1, 0.15) is 24.9 Å². The molecule has 1 aromatic carbocycles. The van der Waals surface area contributed by atoms with Crippen LogP contribution in [0.4, 0.5) is 4.39 Å². The Morgan fingerprint density at radius 1 is 1.36 bits per heavy atom. The largest absolute Gasteiger partial charge is 0.491 e. The van der Waals surface area contributed by atoms with Crippen molar-refractivity contribution in [1.29, 1.82) is 0 Å². The molecule has 0 aromatic heterocycles. The van der Waals surface area contributed by atoms with Gasteiger partial charge in [0.25, 0.3) is 0 Å². The molecule has 0 saturated carbocycles. The maximum absolute atomic E-state index is 11.8. The Bertz CT molecular complexity index is 260. The van der Waals surface area contributed by atoms with Gasteiger partial charge in [-0.25, -0.2) is 4.39 Å². The van der Waals surface area contributed by atoms with E-state index in [0.29, 0.717) is 5.75 Å². The van der Waals surface area contributed by atoms with Crippen LogP contribution in [-0.4, -0.2) is 13.3 Å². The molecule has 1 aromatic rings.